The first-order chi connectivity index (χ1) is 17.3. The monoisotopic (exact) mass is 498 g/mol. The summed E-state index contributed by atoms with van der Waals surface area (Å²) >= 11 is 0. The predicted molar refractivity (Wildman–Crippen MR) is 133 cm³/mol. The lowest BCUT2D eigenvalue weighted by Gasteiger charge is -2.24. The molecule has 0 aliphatic heterocycles. The molecule has 0 bridgehead atoms. The second-order valence-corrected chi connectivity index (χ2v) is 8.47. The second-order valence-electron chi connectivity index (χ2n) is 8.47. The highest BCUT2D eigenvalue weighted by Gasteiger charge is 2.30. The topological polar surface area (TPSA) is 174 Å². The summed E-state index contributed by atoms with van der Waals surface area (Å²) in [5.74, 6) is -3.59. The van der Waals surface area contributed by atoms with E-state index in [-0.39, 0.29) is 25.9 Å². The quantitative estimate of drug-likeness (QED) is 0.232. The minimum absolute atomic E-state index is 0.0213. The van der Waals surface area contributed by atoms with E-state index in [1.54, 1.807) is 36.4 Å². The van der Waals surface area contributed by atoms with Gasteiger partial charge in [0.1, 0.15) is 18.7 Å². The fourth-order valence-electron chi connectivity index (χ4n) is 3.64. The Balaban J connectivity index is 2.04. The van der Waals surface area contributed by atoms with Gasteiger partial charge < -0.3 is 31.9 Å². The van der Waals surface area contributed by atoms with Gasteiger partial charge in [-0.1, -0.05) is 60.7 Å². The van der Waals surface area contributed by atoms with Crippen LogP contribution in [0.3, 0.4) is 0 Å². The number of hydrogen-bond acceptors (Lipinski definition) is 6. The van der Waals surface area contributed by atoms with Crippen LogP contribution >= 0.6 is 0 Å². The van der Waals surface area contributed by atoms with Gasteiger partial charge in [0.2, 0.25) is 11.8 Å². The van der Waals surface area contributed by atoms with Gasteiger partial charge in [-0.15, -0.1) is 0 Å². The van der Waals surface area contributed by atoms with Crippen LogP contribution in [0, 0.1) is 5.92 Å². The lowest BCUT2D eigenvalue weighted by Crippen LogP contribution is -2.53. The van der Waals surface area contributed by atoms with Gasteiger partial charge in [-0.25, -0.2) is 4.79 Å². The molecule has 0 radical (unpaired) electrons. The fraction of sp³-hybridized carbons (Fsp3) is 0.385. The number of primary amides is 1. The SMILES string of the molecule is NCCCC[C@H](NC(=O)OCc1ccccc1)C(=O)N[C@@H](CC(Cc1ccccc1)C(=O)O)C(N)=O. The Labute approximate surface area is 210 Å². The molecular formula is C26H34N4O6. The smallest absolute Gasteiger partial charge is 0.408 e. The van der Waals surface area contributed by atoms with Crippen molar-refractivity contribution in [2.45, 2.75) is 50.8 Å². The number of carbonyl (C=O) groups is 4. The molecule has 0 aliphatic rings. The molecule has 0 saturated carbocycles. The highest BCUT2D eigenvalue weighted by molar-refractivity contribution is 5.91. The van der Waals surface area contributed by atoms with Crippen LogP contribution in [0.25, 0.3) is 0 Å². The number of carboxylic acid groups (broad SMARTS) is 1. The lowest BCUT2D eigenvalue weighted by atomic mass is 9.92. The number of carboxylic acids is 1. The molecule has 0 aliphatic carbocycles. The molecule has 0 saturated heterocycles. The average molecular weight is 499 g/mol. The average Bonchev–Trinajstić information content (AvgIpc) is 2.87. The molecular weight excluding hydrogens is 464 g/mol. The van der Waals surface area contributed by atoms with Crippen LogP contribution in [0.2, 0.25) is 0 Å². The molecule has 10 heteroatoms. The zero-order valence-electron chi connectivity index (χ0n) is 20.1. The van der Waals surface area contributed by atoms with Gasteiger partial charge in [0.15, 0.2) is 0 Å². The number of aliphatic carboxylic acids is 1. The van der Waals surface area contributed by atoms with E-state index in [0.29, 0.717) is 19.4 Å². The van der Waals surface area contributed by atoms with Crippen LogP contribution in [0.4, 0.5) is 4.79 Å². The van der Waals surface area contributed by atoms with Crippen molar-refractivity contribution in [3.05, 3.63) is 71.8 Å². The van der Waals surface area contributed by atoms with E-state index < -0.39 is 41.9 Å². The van der Waals surface area contributed by atoms with Crippen molar-refractivity contribution in [2.75, 3.05) is 6.54 Å². The minimum Gasteiger partial charge on any atom is -0.481 e. The van der Waals surface area contributed by atoms with Crippen molar-refractivity contribution in [2.24, 2.45) is 17.4 Å². The van der Waals surface area contributed by atoms with Crippen molar-refractivity contribution in [3.63, 3.8) is 0 Å². The standard InChI is InChI=1S/C26H34N4O6/c27-14-8-7-13-21(30-26(35)36-17-19-11-5-2-6-12-19)24(32)29-22(23(28)31)16-20(25(33)34)15-18-9-3-1-4-10-18/h1-6,9-12,20-22H,7-8,13-17,27H2,(H2,28,31)(H,29,32)(H,30,35)(H,33,34)/t20?,21-,22-/m0/s1. The lowest BCUT2D eigenvalue weighted by molar-refractivity contribution is -0.142. The third-order valence-electron chi connectivity index (χ3n) is 5.62. The van der Waals surface area contributed by atoms with E-state index >= 15 is 0 Å². The molecule has 10 nitrogen and oxygen atoms in total. The highest BCUT2D eigenvalue weighted by atomic mass is 16.5. The first-order valence-corrected chi connectivity index (χ1v) is 11.8. The third kappa shape index (κ3) is 10.1. The number of unbranched alkanes of at least 4 members (excludes halogenated alkanes) is 1. The minimum atomic E-state index is -1.23. The number of amides is 3. The Morgan fingerprint density at radius 3 is 2.03 bits per heavy atom. The second kappa shape index (κ2) is 15.2. The molecule has 194 valence electrons. The van der Waals surface area contributed by atoms with E-state index in [0.717, 1.165) is 11.1 Å². The van der Waals surface area contributed by atoms with Gasteiger partial charge in [-0.3, -0.25) is 14.4 Å². The maximum Gasteiger partial charge on any atom is 0.408 e. The predicted octanol–water partition coefficient (Wildman–Crippen LogP) is 1.71. The van der Waals surface area contributed by atoms with Gasteiger partial charge in [0.25, 0.3) is 0 Å². The first-order valence-electron chi connectivity index (χ1n) is 11.8. The third-order valence-corrected chi connectivity index (χ3v) is 5.62. The van der Waals surface area contributed by atoms with Gasteiger partial charge in [0, 0.05) is 0 Å². The molecule has 2 aromatic carbocycles. The summed E-state index contributed by atoms with van der Waals surface area (Å²) < 4.78 is 5.21. The van der Waals surface area contributed by atoms with Crippen LogP contribution in [0.1, 0.15) is 36.8 Å². The molecule has 7 N–H and O–H groups in total. The van der Waals surface area contributed by atoms with Crippen LogP contribution in [0.15, 0.2) is 60.7 Å². The molecule has 2 rings (SSSR count). The Bertz CT molecular complexity index is 986. The molecule has 36 heavy (non-hydrogen) atoms. The van der Waals surface area contributed by atoms with Crippen molar-refractivity contribution < 1.29 is 29.0 Å². The van der Waals surface area contributed by atoms with Gasteiger partial charge in [0.05, 0.1) is 5.92 Å². The Morgan fingerprint density at radius 1 is 0.861 bits per heavy atom. The number of hydrogen-bond donors (Lipinski definition) is 5. The number of rotatable bonds is 15. The number of alkyl carbamates (subject to hydrolysis) is 1. The Morgan fingerprint density at radius 2 is 1.47 bits per heavy atom. The van der Waals surface area contributed by atoms with Gasteiger partial charge in [-0.2, -0.15) is 0 Å². The number of nitrogens with one attached hydrogen (secondary N) is 2. The van der Waals surface area contributed by atoms with Crippen LogP contribution in [-0.4, -0.2) is 47.6 Å². The number of nitrogens with two attached hydrogens (primary N) is 2. The number of benzene rings is 2. The van der Waals surface area contributed by atoms with Crippen molar-refractivity contribution in [3.8, 4) is 0 Å². The zero-order valence-corrected chi connectivity index (χ0v) is 20.1. The molecule has 0 heterocycles. The van der Waals surface area contributed by atoms with E-state index in [4.69, 9.17) is 16.2 Å². The van der Waals surface area contributed by atoms with E-state index in [1.807, 2.05) is 24.3 Å². The Kier molecular flexibility index (Phi) is 11.9. The van der Waals surface area contributed by atoms with Crippen molar-refractivity contribution in [1.82, 2.24) is 10.6 Å². The molecule has 0 aromatic heterocycles. The summed E-state index contributed by atoms with van der Waals surface area (Å²) in [7, 11) is 0. The Hall–Kier alpha value is -3.92. The van der Waals surface area contributed by atoms with Crippen molar-refractivity contribution in [1.29, 1.82) is 0 Å². The molecule has 2 aromatic rings. The summed E-state index contributed by atoms with van der Waals surface area (Å²) in [5.41, 5.74) is 12.6. The zero-order chi connectivity index (χ0) is 26.3. The highest BCUT2D eigenvalue weighted by Crippen LogP contribution is 2.16. The number of ether oxygens (including phenoxy) is 1. The molecule has 3 atom stereocenters. The summed E-state index contributed by atoms with van der Waals surface area (Å²) in [4.78, 5) is 49.3. The summed E-state index contributed by atoms with van der Waals surface area (Å²) in [6, 6.07) is 15.8. The van der Waals surface area contributed by atoms with Crippen LogP contribution in [0.5, 0.6) is 0 Å². The van der Waals surface area contributed by atoms with Gasteiger partial charge >= 0.3 is 12.1 Å². The molecule has 1 unspecified atom stereocenters. The largest absolute Gasteiger partial charge is 0.481 e. The maximum absolute atomic E-state index is 13.0. The molecule has 3 amide bonds. The first kappa shape index (κ1) is 28.3. The molecule has 0 spiro atoms. The fourth-order valence-corrected chi connectivity index (χ4v) is 3.64. The van der Waals surface area contributed by atoms with Crippen molar-refractivity contribution >= 4 is 23.9 Å². The molecule has 0 fully saturated rings. The number of carbonyl (C=O) groups excluding carboxylic acids is 3. The summed E-state index contributed by atoms with van der Waals surface area (Å²) in [5, 5.41) is 14.7. The van der Waals surface area contributed by atoms with Gasteiger partial charge in [-0.05, 0) is 49.8 Å². The van der Waals surface area contributed by atoms with E-state index in [1.165, 1.54) is 0 Å². The summed E-state index contributed by atoms with van der Waals surface area (Å²) in [6.07, 6.45) is 0.595. The van der Waals surface area contributed by atoms with E-state index in [2.05, 4.69) is 10.6 Å². The summed E-state index contributed by atoms with van der Waals surface area (Å²) in [6.45, 7) is 0.435. The normalized spacial score (nSPS) is 13.1. The van der Waals surface area contributed by atoms with Crippen LogP contribution < -0.4 is 22.1 Å². The maximum atomic E-state index is 13.0. The van der Waals surface area contributed by atoms with E-state index in [9.17, 15) is 24.3 Å². The van der Waals surface area contributed by atoms with Crippen LogP contribution in [-0.2, 0) is 32.1 Å².